The van der Waals surface area contributed by atoms with Crippen LogP contribution in [0.1, 0.15) is 12.0 Å². The van der Waals surface area contributed by atoms with Crippen molar-refractivity contribution >= 4 is 20.0 Å². The maximum atomic E-state index is 11.6. The molecule has 0 atom stereocenters. The van der Waals surface area contributed by atoms with Crippen LogP contribution in [0.25, 0.3) is 0 Å². The van der Waals surface area contributed by atoms with Crippen molar-refractivity contribution in [3.8, 4) is 0 Å². The molecular weight excluding hydrogens is 276 g/mol. The lowest BCUT2D eigenvalue weighted by molar-refractivity contribution is 0.576. The van der Waals surface area contributed by atoms with E-state index in [0.717, 1.165) is 0 Å². The molecule has 0 saturated carbocycles. The molecule has 0 saturated heterocycles. The van der Waals surface area contributed by atoms with E-state index >= 15 is 0 Å². The van der Waals surface area contributed by atoms with Gasteiger partial charge in [-0.1, -0.05) is 30.3 Å². The van der Waals surface area contributed by atoms with Crippen LogP contribution in [0.5, 0.6) is 0 Å². The van der Waals surface area contributed by atoms with Crippen molar-refractivity contribution in [3.05, 3.63) is 35.9 Å². The smallest absolute Gasteiger partial charge is 0.215 e. The fraction of sp³-hybridized carbons (Fsp3) is 0.400. The Morgan fingerprint density at radius 1 is 1.06 bits per heavy atom. The fourth-order valence-electron chi connectivity index (χ4n) is 1.35. The average molecular weight is 292 g/mol. The molecule has 3 N–H and O–H groups in total. The number of rotatable bonds is 7. The zero-order valence-electron chi connectivity index (χ0n) is 9.74. The third-order valence-corrected chi connectivity index (χ3v) is 4.34. The molecule has 102 valence electrons. The number of sulfonamides is 2. The summed E-state index contributed by atoms with van der Waals surface area (Å²) in [5, 5.41) is 4.80. The standard InChI is InChI=1S/C10H16N2O4S2/c11-17(13,14)8-4-7-12-18(15,16)9-10-5-2-1-3-6-10/h1-3,5-6,12H,4,7-9H2,(H2,11,13,14). The van der Waals surface area contributed by atoms with Crippen molar-refractivity contribution in [1.29, 1.82) is 0 Å². The van der Waals surface area contributed by atoms with Gasteiger partial charge in [0, 0.05) is 6.54 Å². The fourth-order valence-corrected chi connectivity index (χ4v) is 3.08. The van der Waals surface area contributed by atoms with Crippen LogP contribution < -0.4 is 9.86 Å². The lowest BCUT2D eigenvalue weighted by Gasteiger charge is -2.06. The van der Waals surface area contributed by atoms with Gasteiger partial charge in [0.25, 0.3) is 0 Å². The van der Waals surface area contributed by atoms with Gasteiger partial charge in [-0.05, 0) is 12.0 Å². The van der Waals surface area contributed by atoms with Gasteiger partial charge >= 0.3 is 0 Å². The first-order chi connectivity index (χ1) is 8.29. The summed E-state index contributed by atoms with van der Waals surface area (Å²) in [5.74, 6) is -0.357. The topological polar surface area (TPSA) is 106 Å². The molecule has 1 aromatic carbocycles. The Balaban J connectivity index is 2.42. The summed E-state index contributed by atoms with van der Waals surface area (Å²) in [6.07, 6.45) is 0.160. The highest BCUT2D eigenvalue weighted by Gasteiger charge is 2.11. The van der Waals surface area contributed by atoms with Crippen LogP contribution in [-0.2, 0) is 25.8 Å². The van der Waals surface area contributed by atoms with E-state index in [-0.39, 0.29) is 24.5 Å². The first-order valence-corrected chi connectivity index (χ1v) is 8.67. The minimum absolute atomic E-state index is 0.0611. The lowest BCUT2D eigenvalue weighted by Crippen LogP contribution is -2.28. The van der Waals surface area contributed by atoms with Gasteiger partial charge in [0.1, 0.15) is 0 Å². The molecule has 0 aliphatic carbocycles. The van der Waals surface area contributed by atoms with E-state index in [0.29, 0.717) is 5.56 Å². The van der Waals surface area contributed by atoms with E-state index in [1.54, 1.807) is 30.3 Å². The summed E-state index contributed by atoms with van der Waals surface area (Å²) in [4.78, 5) is 0. The highest BCUT2D eigenvalue weighted by molar-refractivity contribution is 7.89. The molecule has 0 aromatic heterocycles. The maximum Gasteiger partial charge on any atom is 0.215 e. The van der Waals surface area contributed by atoms with Crippen LogP contribution in [0.4, 0.5) is 0 Å². The van der Waals surface area contributed by atoms with Crippen molar-refractivity contribution in [1.82, 2.24) is 4.72 Å². The summed E-state index contributed by atoms with van der Waals surface area (Å²) < 4.78 is 46.9. The number of primary sulfonamides is 1. The molecular formula is C10H16N2O4S2. The Morgan fingerprint density at radius 2 is 1.67 bits per heavy atom. The van der Waals surface area contributed by atoms with E-state index < -0.39 is 20.0 Å². The number of benzene rings is 1. The van der Waals surface area contributed by atoms with Crippen LogP contribution in [0.2, 0.25) is 0 Å². The number of nitrogens with one attached hydrogen (secondary N) is 1. The molecule has 0 aliphatic heterocycles. The van der Waals surface area contributed by atoms with Crippen LogP contribution in [0, 0.1) is 0 Å². The molecule has 18 heavy (non-hydrogen) atoms. The van der Waals surface area contributed by atoms with Crippen LogP contribution in [0.3, 0.4) is 0 Å². The van der Waals surface area contributed by atoms with Gasteiger partial charge in [-0.15, -0.1) is 0 Å². The third kappa shape index (κ3) is 6.70. The summed E-state index contributed by atoms with van der Waals surface area (Å²) in [5.41, 5.74) is 0.677. The summed E-state index contributed by atoms with van der Waals surface area (Å²) in [6, 6.07) is 8.74. The molecule has 0 bridgehead atoms. The van der Waals surface area contributed by atoms with E-state index in [2.05, 4.69) is 4.72 Å². The van der Waals surface area contributed by atoms with Gasteiger partial charge in [0.2, 0.25) is 20.0 Å². The van der Waals surface area contributed by atoms with Crippen molar-refractivity contribution in [3.63, 3.8) is 0 Å². The van der Waals surface area contributed by atoms with Crippen LogP contribution >= 0.6 is 0 Å². The normalized spacial score (nSPS) is 12.5. The zero-order valence-corrected chi connectivity index (χ0v) is 11.4. The summed E-state index contributed by atoms with van der Waals surface area (Å²) in [6.45, 7) is 0.0611. The molecule has 1 rings (SSSR count). The maximum absolute atomic E-state index is 11.6. The summed E-state index contributed by atoms with van der Waals surface area (Å²) >= 11 is 0. The molecule has 0 heterocycles. The summed E-state index contributed by atoms with van der Waals surface area (Å²) in [7, 11) is -6.97. The molecule has 0 fully saturated rings. The second-order valence-corrected chi connectivity index (χ2v) is 7.40. The van der Waals surface area contributed by atoms with Gasteiger partial charge in [0.05, 0.1) is 11.5 Å². The number of hydrogen-bond acceptors (Lipinski definition) is 4. The zero-order chi connectivity index (χ0) is 13.6. The number of hydrogen-bond donors (Lipinski definition) is 2. The Bertz CT molecular complexity index is 567. The Hall–Kier alpha value is -0.960. The van der Waals surface area contributed by atoms with Gasteiger partial charge < -0.3 is 0 Å². The monoisotopic (exact) mass is 292 g/mol. The molecule has 6 nitrogen and oxygen atoms in total. The minimum Gasteiger partial charge on any atom is -0.229 e. The molecule has 1 aromatic rings. The second-order valence-electron chi connectivity index (χ2n) is 3.86. The first kappa shape index (κ1) is 15.1. The van der Waals surface area contributed by atoms with Gasteiger partial charge in [-0.3, -0.25) is 0 Å². The average Bonchev–Trinajstić information content (AvgIpc) is 2.24. The molecule has 0 unspecified atom stereocenters. The van der Waals surface area contributed by atoms with E-state index in [1.807, 2.05) is 0 Å². The Kier molecular flexibility index (Phi) is 5.27. The van der Waals surface area contributed by atoms with Crippen LogP contribution in [-0.4, -0.2) is 29.1 Å². The number of nitrogens with two attached hydrogens (primary N) is 1. The predicted octanol–water partition coefficient (Wildman–Crippen LogP) is -0.215. The third-order valence-electron chi connectivity index (χ3n) is 2.13. The molecule has 0 spiro atoms. The van der Waals surface area contributed by atoms with Crippen molar-refractivity contribution in [2.45, 2.75) is 12.2 Å². The largest absolute Gasteiger partial charge is 0.229 e. The quantitative estimate of drug-likeness (QED) is 0.678. The lowest BCUT2D eigenvalue weighted by atomic mass is 10.2. The Labute approximate surface area is 107 Å². The van der Waals surface area contributed by atoms with E-state index in [1.165, 1.54) is 0 Å². The minimum atomic E-state index is -3.54. The molecule has 8 heteroatoms. The highest BCUT2D eigenvalue weighted by Crippen LogP contribution is 2.03. The first-order valence-electron chi connectivity index (χ1n) is 5.30. The molecule has 0 radical (unpaired) electrons. The van der Waals surface area contributed by atoms with Crippen molar-refractivity contribution < 1.29 is 16.8 Å². The van der Waals surface area contributed by atoms with Gasteiger partial charge in [0.15, 0.2) is 0 Å². The van der Waals surface area contributed by atoms with Gasteiger partial charge in [-0.25, -0.2) is 26.7 Å². The highest BCUT2D eigenvalue weighted by atomic mass is 32.2. The van der Waals surface area contributed by atoms with Crippen LogP contribution in [0.15, 0.2) is 30.3 Å². The predicted molar refractivity (Wildman–Crippen MR) is 69.7 cm³/mol. The van der Waals surface area contributed by atoms with E-state index in [9.17, 15) is 16.8 Å². The van der Waals surface area contributed by atoms with Gasteiger partial charge in [-0.2, -0.15) is 0 Å². The van der Waals surface area contributed by atoms with Crippen molar-refractivity contribution in [2.75, 3.05) is 12.3 Å². The second kappa shape index (κ2) is 6.28. The van der Waals surface area contributed by atoms with Crippen molar-refractivity contribution in [2.24, 2.45) is 5.14 Å². The molecule has 0 aliphatic rings. The SMILES string of the molecule is NS(=O)(=O)CCCNS(=O)(=O)Cc1ccccc1. The van der Waals surface area contributed by atoms with E-state index in [4.69, 9.17) is 5.14 Å². The molecule has 0 amide bonds. The Morgan fingerprint density at radius 3 is 2.22 bits per heavy atom.